The van der Waals surface area contributed by atoms with E-state index in [0.717, 1.165) is 11.3 Å². The molecule has 1 aliphatic heterocycles. The normalized spacial score (nSPS) is 18.2. The highest BCUT2D eigenvalue weighted by Gasteiger charge is 2.27. The summed E-state index contributed by atoms with van der Waals surface area (Å²) in [5.41, 5.74) is 1.80. The second-order valence-electron chi connectivity index (χ2n) is 5.80. The molecule has 1 amide bonds. The van der Waals surface area contributed by atoms with Crippen molar-refractivity contribution in [3.63, 3.8) is 0 Å². The summed E-state index contributed by atoms with van der Waals surface area (Å²) in [6, 6.07) is 9.74. The zero-order chi connectivity index (χ0) is 17.9. The van der Waals surface area contributed by atoms with Crippen LogP contribution in [0.3, 0.4) is 0 Å². The molecule has 1 aromatic carbocycles. The Morgan fingerprint density at radius 2 is 2.12 bits per heavy atom. The lowest BCUT2D eigenvalue weighted by molar-refractivity contribution is -0.119. The number of nitrogens with zero attached hydrogens (tertiary/aromatic N) is 2. The Hall–Kier alpha value is -2.25. The van der Waals surface area contributed by atoms with E-state index in [1.807, 2.05) is 35.7 Å². The third-order valence-corrected chi connectivity index (χ3v) is 6.17. The molecule has 1 atom stereocenters. The molecule has 0 fully saturated rings. The highest BCUT2D eigenvalue weighted by molar-refractivity contribution is 7.94. The summed E-state index contributed by atoms with van der Waals surface area (Å²) in [5, 5.41) is 3.70. The minimum Gasteiger partial charge on any atom is -0.284 e. The van der Waals surface area contributed by atoms with Gasteiger partial charge in [-0.3, -0.25) is 9.69 Å². The molecule has 7 heteroatoms. The maximum absolute atomic E-state index is 12.7. The van der Waals surface area contributed by atoms with E-state index < -0.39 is 9.84 Å². The number of rotatable bonds is 6. The summed E-state index contributed by atoms with van der Waals surface area (Å²) in [6.45, 7) is 4.04. The molecule has 1 aromatic heterocycles. The molecule has 25 heavy (non-hydrogen) atoms. The van der Waals surface area contributed by atoms with E-state index in [-0.39, 0.29) is 24.0 Å². The molecule has 2 aromatic rings. The molecule has 5 nitrogen and oxygen atoms in total. The van der Waals surface area contributed by atoms with Gasteiger partial charge in [0.2, 0.25) is 5.91 Å². The summed E-state index contributed by atoms with van der Waals surface area (Å²) in [7, 11) is -3.16. The van der Waals surface area contributed by atoms with Crippen molar-refractivity contribution in [3.8, 4) is 11.3 Å². The molecule has 1 unspecified atom stereocenters. The quantitative estimate of drug-likeness (QED) is 0.728. The second kappa shape index (κ2) is 7.33. The number of allylic oxidation sites excluding steroid dienone is 1. The number of carbonyl (C=O) groups is 1. The zero-order valence-corrected chi connectivity index (χ0v) is 15.2. The highest BCUT2D eigenvalue weighted by Crippen LogP contribution is 2.29. The van der Waals surface area contributed by atoms with E-state index in [1.165, 1.54) is 16.7 Å². The number of hydrogen-bond donors (Lipinski definition) is 0. The van der Waals surface area contributed by atoms with Crippen molar-refractivity contribution in [1.29, 1.82) is 0 Å². The number of aromatic nitrogens is 1. The first kappa shape index (κ1) is 17.6. The van der Waals surface area contributed by atoms with E-state index in [4.69, 9.17) is 0 Å². The molecule has 0 radical (unpaired) electrons. The van der Waals surface area contributed by atoms with Crippen molar-refractivity contribution in [2.24, 2.45) is 5.92 Å². The fourth-order valence-corrected chi connectivity index (χ4v) is 4.91. The first-order chi connectivity index (χ1) is 12.0. The van der Waals surface area contributed by atoms with Crippen LogP contribution in [0.1, 0.15) is 6.42 Å². The van der Waals surface area contributed by atoms with E-state index in [2.05, 4.69) is 11.6 Å². The highest BCUT2D eigenvalue weighted by atomic mass is 32.2. The van der Waals surface area contributed by atoms with Crippen molar-refractivity contribution < 1.29 is 13.2 Å². The maximum Gasteiger partial charge on any atom is 0.229 e. The van der Waals surface area contributed by atoms with Crippen LogP contribution in [0, 0.1) is 5.92 Å². The molecule has 130 valence electrons. The van der Waals surface area contributed by atoms with Gasteiger partial charge in [0.15, 0.2) is 15.0 Å². The lowest BCUT2D eigenvalue weighted by Crippen LogP contribution is -2.32. The molecular weight excluding hydrogens is 356 g/mol. The number of carbonyl (C=O) groups excluding carboxylic acids is 1. The number of amides is 1. The summed E-state index contributed by atoms with van der Waals surface area (Å²) in [4.78, 5) is 18.8. The largest absolute Gasteiger partial charge is 0.284 e. The van der Waals surface area contributed by atoms with Gasteiger partial charge in [0.25, 0.3) is 0 Å². The average Bonchev–Trinajstić information content (AvgIpc) is 3.20. The van der Waals surface area contributed by atoms with Crippen LogP contribution >= 0.6 is 11.3 Å². The van der Waals surface area contributed by atoms with Crippen LogP contribution in [0.2, 0.25) is 0 Å². The Balaban J connectivity index is 1.77. The number of anilines is 1. The topological polar surface area (TPSA) is 67.3 Å². The van der Waals surface area contributed by atoms with Crippen LogP contribution in [0.4, 0.5) is 5.13 Å². The van der Waals surface area contributed by atoms with Gasteiger partial charge < -0.3 is 0 Å². The van der Waals surface area contributed by atoms with Crippen molar-refractivity contribution in [2.75, 3.05) is 17.2 Å². The molecule has 1 aliphatic rings. The van der Waals surface area contributed by atoms with Crippen LogP contribution in [0.25, 0.3) is 11.3 Å². The molecule has 0 saturated carbocycles. The first-order valence-corrected chi connectivity index (χ1v) is 10.4. The fraction of sp³-hybridized carbons (Fsp3) is 0.222. The zero-order valence-electron chi connectivity index (χ0n) is 13.5. The number of hydrogen-bond acceptors (Lipinski definition) is 5. The Labute approximate surface area is 151 Å². The molecular formula is C18H18N2O3S2. The lowest BCUT2D eigenvalue weighted by atomic mass is 10.1. The maximum atomic E-state index is 12.7. The van der Waals surface area contributed by atoms with Crippen molar-refractivity contribution in [1.82, 2.24) is 4.98 Å². The summed E-state index contributed by atoms with van der Waals surface area (Å²) in [5.74, 6) is -0.438. The van der Waals surface area contributed by atoms with Gasteiger partial charge in [-0.25, -0.2) is 13.4 Å². The van der Waals surface area contributed by atoms with Gasteiger partial charge in [-0.05, 0) is 0 Å². The number of sulfone groups is 1. The molecule has 0 saturated heterocycles. The molecule has 2 heterocycles. The fourth-order valence-electron chi connectivity index (χ4n) is 2.65. The molecule has 0 spiro atoms. The third kappa shape index (κ3) is 4.24. The Morgan fingerprint density at radius 1 is 1.36 bits per heavy atom. The SMILES string of the molecule is C=CCN(C(=O)CC1C=CS(=O)(=O)C1)c1nc(-c2ccccc2)cs1. The minimum atomic E-state index is -3.16. The Kier molecular flexibility index (Phi) is 5.15. The van der Waals surface area contributed by atoms with Crippen LogP contribution in [-0.4, -0.2) is 31.6 Å². The van der Waals surface area contributed by atoms with Crippen molar-refractivity contribution in [2.45, 2.75) is 6.42 Å². The van der Waals surface area contributed by atoms with Gasteiger partial charge in [-0.15, -0.1) is 17.9 Å². The first-order valence-electron chi connectivity index (χ1n) is 7.81. The standard InChI is InChI=1S/C18H18N2O3S2/c1-2-9-20(17(21)11-14-8-10-25(22,23)13-14)18-19-16(12-24-18)15-6-4-3-5-7-15/h2-8,10,12,14H,1,9,11,13H2. The Bertz CT molecular complexity index is 901. The van der Waals surface area contributed by atoms with Gasteiger partial charge in [0.05, 0.1) is 11.4 Å². The molecule has 0 N–H and O–H groups in total. The van der Waals surface area contributed by atoms with E-state index in [9.17, 15) is 13.2 Å². The average molecular weight is 374 g/mol. The van der Waals surface area contributed by atoms with E-state index >= 15 is 0 Å². The number of thiazole rings is 1. The minimum absolute atomic E-state index is 0.00615. The van der Waals surface area contributed by atoms with Crippen molar-refractivity contribution in [3.05, 3.63) is 59.9 Å². The van der Waals surface area contributed by atoms with Crippen molar-refractivity contribution >= 4 is 32.2 Å². The second-order valence-corrected chi connectivity index (χ2v) is 8.56. The Morgan fingerprint density at radius 3 is 2.76 bits per heavy atom. The predicted molar refractivity (Wildman–Crippen MR) is 101 cm³/mol. The summed E-state index contributed by atoms with van der Waals surface area (Å²) < 4.78 is 23.0. The van der Waals surface area contributed by atoms with Crippen LogP contribution < -0.4 is 4.90 Å². The number of benzene rings is 1. The van der Waals surface area contributed by atoms with Gasteiger partial charge in [-0.1, -0.05) is 42.5 Å². The van der Waals surface area contributed by atoms with Gasteiger partial charge in [0.1, 0.15) is 0 Å². The smallest absolute Gasteiger partial charge is 0.229 e. The van der Waals surface area contributed by atoms with Gasteiger partial charge in [0, 0.05) is 35.2 Å². The summed E-state index contributed by atoms with van der Waals surface area (Å²) in [6.07, 6.45) is 3.38. The van der Waals surface area contributed by atoms with Gasteiger partial charge >= 0.3 is 0 Å². The molecule has 0 aliphatic carbocycles. The van der Waals surface area contributed by atoms with E-state index in [1.54, 1.807) is 17.1 Å². The van der Waals surface area contributed by atoms with Crippen LogP contribution in [0.15, 0.2) is 59.9 Å². The van der Waals surface area contributed by atoms with E-state index in [0.29, 0.717) is 11.7 Å². The third-order valence-electron chi connectivity index (χ3n) is 3.85. The van der Waals surface area contributed by atoms with Crippen LogP contribution in [0.5, 0.6) is 0 Å². The monoisotopic (exact) mass is 374 g/mol. The van der Waals surface area contributed by atoms with Crippen LogP contribution in [-0.2, 0) is 14.6 Å². The molecule has 0 bridgehead atoms. The molecule has 3 rings (SSSR count). The lowest BCUT2D eigenvalue weighted by Gasteiger charge is -2.19. The van der Waals surface area contributed by atoms with Gasteiger partial charge in [-0.2, -0.15) is 0 Å². The predicted octanol–water partition coefficient (Wildman–Crippen LogP) is 3.28. The summed E-state index contributed by atoms with van der Waals surface area (Å²) >= 11 is 1.39.